The highest BCUT2D eigenvalue weighted by atomic mass is 16.5. The molecule has 2 aliphatic rings. The van der Waals surface area contributed by atoms with Gasteiger partial charge in [-0.1, -0.05) is 18.6 Å². The first-order valence-corrected chi connectivity index (χ1v) is 6.98. The highest BCUT2D eigenvalue weighted by Crippen LogP contribution is 2.58. The van der Waals surface area contributed by atoms with Gasteiger partial charge < -0.3 is 4.74 Å². The number of carbonyl (C=O) groups is 1. The molecule has 2 nitrogen and oxygen atoms in total. The molecule has 0 radical (unpaired) electrons. The quantitative estimate of drug-likeness (QED) is 0.755. The van der Waals surface area contributed by atoms with E-state index in [-0.39, 0.29) is 6.10 Å². The summed E-state index contributed by atoms with van der Waals surface area (Å²) < 4.78 is 5.65. The Morgan fingerprint density at radius 2 is 2.00 bits per heavy atom. The van der Waals surface area contributed by atoms with Crippen LogP contribution in [0.5, 0.6) is 5.75 Å². The second-order valence-electron chi connectivity index (χ2n) is 5.84. The minimum absolute atomic E-state index is 0.149. The fourth-order valence-corrected chi connectivity index (χ4v) is 3.40. The molecule has 1 aromatic rings. The van der Waals surface area contributed by atoms with E-state index in [1.54, 1.807) is 0 Å². The molecule has 0 saturated heterocycles. The van der Waals surface area contributed by atoms with E-state index in [0.29, 0.717) is 23.5 Å². The Hall–Kier alpha value is -1.31. The Kier molecular flexibility index (Phi) is 2.89. The standard InChI is InChI=1S/C16H20O2/c1-10(2)18-12-6-3-5-11(9-12)16(17)15-13-7-4-8-14(13)15/h3,5-6,9-10,13-15H,4,7-8H2,1-2H3. The maximum absolute atomic E-state index is 12.4. The average Bonchev–Trinajstić information content (AvgIpc) is 2.80. The van der Waals surface area contributed by atoms with Crippen LogP contribution in [0.15, 0.2) is 24.3 Å². The van der Waals surface area contributed by atoms with Crippen LogP contribution in [0.2, 0.25) is 0 Å². The summed E-state index contributed by atoms with van der Waals surface area (Å²) in [4.78, 5) is 12.4. The minimum Gasteiger partial charge on any atom is -0.491 e. The lowest BCUT2D eigenvalue weighted by molar-refractivity contribution is 0.0951. The number of ketones is 1. The molecule has 0 N–H and O–H groups in total. The van der Waals surface area contributed by atoms with Crippen molar-refractivity contribution >= 4 is 5.78 Å². The highest BCUT2D eigenvalue weighted by molar-refractivity contribution is 6.00. The molecular formula is C16H20O2. The van der Waals surface area contributed by atoms with Gasteiger partial charge >= 0.3 is 0 Å². The lowest BCUT2D eigenvalue weighted by Gasteiger charge is -2.10. The summed E-state index contributed by atoms with van der Waals surface area (Å²) >= 11 is 0. The zero-order chi connectivity index (χ0) is 12.7. The first kappa shape index (κ1) is 11.8. The molecule has 0 aromatic heterocycles. The van der Waals surface area contributed by atoms with Gasteiger partial charge in [0.2, 0.25) is 0 Å². The van der Waals surface area contributed by atoms with Gasteiger partial charge in [-0.3, -0.25) is 4.79 Å². The Morgan fingerprint density at radius 1 is 1.28 bits per heavy atom. The Bertz CT molecular complexity index is 454. The minimum atomic E-state index is 0.149. The van der Waals surface area contributed by atoms with Crippen molar-refractivity contribution in [1.29, 1.82) is 0 Å². The van der Waals surface area contributed by atoms with Crippen molar-refractivity contribution in [2.45, 2.75) is 39.2 Å². The first-order valence-electron chi connectivity index (χ1n) is 6.98. The van der Waals surface area contributed by atoms with E-state index in [4.69, 9.17) is 4.74 Å². The van der Waals surface area contributed by atoms with E-state index >= 15 is 0 Å². The van der Waals surface area contributed by atoms with Gasteiger partial charge in [0.25, 0.3) is 0 Å². The van der Waals surface area contributed by atoms with Crippen molar-refractivity contribution < 1.29 is 9.53 Å². The maximum Gasteiger partial charge on any atom is 0.166 e. The Morgan fingerprint density at radius 3 is 2.67 bits per heavy atom. The van der Waals surface area contributed by atoms with Crippen LogP contribution in [-0.4, -0.2) is 11.9 Å². The zero-order valence-corrected chi connectivity index (χ0v) is 11.1. The van der Waals surface area contributed by atoms with Gasteiger partial charge in [0.05, 0.1) is 6.10 Å². The number of carbonyl (C=O) groups excluding carboxylic acids is 1. The number of fused-ring (bicyclic) bond motifs is 1. The number of Topliss-reactive ketones (excluding diaryl/α,β-unsaturated/α-hetero) is 1. The summed E-state index contributed by atoms with van der Waals surface area (Å²) in [5.41, 5.74) is 0.826. The predicted octanol–water partition coefficient (Wildman–Crippen LogP) is 3.70. The summed E-state index contributed by atoms with van der Waals surface area (Å²) in [6.07, 6.45) is 3.97. The summed E-state index contributed by atoms with van der Waals surface area (Å²) in [7, 11) is 0. The summed E-state index contributed by atoms with van der Waals surface area (Å²) in [6.45, 7) is 4.00. The molecule has 2 aliphatic carbocycles. The molecule has 0 aliphatic heterocycles. The van der Waals surface area contributed by atoms with Crippen molar-refractivity contribution in [2.75, 3.05) is 0 Å². The molecule has 96 valence electrons. The monoisotopic (exact) mass is 244 g/mol. The van der Waals surface area contributed by atoms with Crippen LogP contribution in [0.4, 0.5) is 0 Å². The Labute approximate surface area is 108 Å². The van der Waals surface area contributed by atoms with Gasteiger partial charge in [0.1, 0.15) is 5.75 Å². The molecule has 2 heteroatoms. The van der Waals surface area contributed by atoms with Crippen LogP contribution in [0.25, 0.3) is 0 Å². The van der Waals surface area contributed by atoms with Crippen LogP contribution in [0.1, 0.15) is 43.5 Å². The van der Waals surface area contributed by atoms with Gasteiger partial charge in [-0.05, 0) is 50.7 Å². The third-order valence-electron chi connectivity index (χ3n) is 4.20. The van der Waals surface area contributed by atoms with Crippen molar-refractivity contribution in [3.63, 3.8) is 0 Å². The van der Waals surface area contributed by atoms with Gasteiger partial charge in [0.15, 0.2) is 5.78 Å². The van der Waals surface area contributed by atoms with Gasteiger partial charge in [-0.15, -0.1) is 0 Å². The fraction of sp³-hybridized carbons (Fsp3) is 0.562. The molecule has 0 bridgehead atoms. The lowest BCUT2D eigenvalue weighted by Crippen LogP contribution is -2.09. The van der Waals surface area contributed by atoms with Crippen molar-refractivity contribution in [3.05, 3.63) is 29.8 Å². The van der Waals surface area contributed by atoms with Crippen LogP contribution >= 0.6 is 0 Å². The highest BCUT2D eigenvalue weighted by Gasteiger charge is 2.56. The summed E-state index contributed by atoms with van der Waals surface area (Å²) in [5, 5.41) is 0. The molecule has 18 heavy (non-hydrogen) atoms. The lowest BCUT2D eigenvalue weighted by atomic mass is 10.0. The Balaban J connectivity index is 1.74. The average molecular weight is 244 g/mol. The third kappa shape index (κ3) is 2.05. The van der Waals surface area contributed by atoms with Crippen LogP contribution in [0.3, 0.4) is 0 Å². The van der Waals surface area contributed by atoms with E-state index in [1.165, 1.54) is 19.3 Å². The van der Waals surface area contributed by atoms with Gasteiger partial charge in [0, 0.05) is 11.5 Å². The summed E-state index contributed by atoms with van der Waals surface area (Å²) in [5.74, 6) is 2.83. The van der Waals surface area contributed by atoms with E-state index in [0.717, 1.165) is 11.3 Å². The molecule has 3 rings (SSSR count). The molecule has 2 atom stereocenters. The number of ether oxygens (including phenoxy) is 1. The van der Waals surface area contributed by atoms with Crippen molar-refractivity contribution in [2.24, 2.45) is 17.8 Å². The van der Waals surface area contributed by atoms with Gasteiger partial charge in [-0.25, -0.2) is 0 Å². The van der Waals surface area contributed by atoms with Crippen LogP contribution in [0, 0.1) is 17.8 Å². The van der Waals surface area contributed by atoms with E-state index in [9.17, 15) is 4.79 Å². The van der Waals surface area contributed by atoms with E-state index in [1.807, 2.05) is 38.1 Å². The molecular weight excluding hydrogens is 224 g/mol. The molecule has 2 fully saturated rings. The molecule has 0 heterocycles. The third-order valence-corrected chi connectivity index (χ3v) is 4.20. The molecule has 0 spiro atoms. The summed E-state index contributed by atoms with van der Waals surface area (Å²) in [6, 6.07) is 7.66. The smallest absolute Gasteiger partial charge is 0.166 e. The predicted molar refractivity (Wildman–Crippen MR) is 70.9 cm³/mol. The topological polar surface area (TPSA) is 26.3 Å². The van der Waals surface area contributed by atoms with Crippen molar-refractivity contribution in [3.8, 4) is 5.75 Å². The maximum atomic E-state index is 12.4. The molecule has 2 unspecified atom stereocenters. The first-order chi connectivity index (χ1) is 8.66. The second kappa shape index (κ2) is 4.42. The number of rotatable bonds is 4. The van der Waals surface area contributed by atoms with E-state index < -0.39 is 0 Å². The van der Waals surface area contributed by atoms with Crippen LogP contribution < -0.4 is 4.74 Å². The largest absolute Gasteiger partial charge is 0.491 e. The number of hydrogen-bond donors (Lipinski definition) is 0. The van der Waals surface area contributed by atoms with Crippen LogP contribution in [-0.2, 0) is 0 Å². The van der Waals surface area contributed by atoms with Crippen molar-refractivity contribution in [1.82, 2.24) is 0 Å². The molecule has 0 amide bonds. The van der Waals surface area contributed by atoms with Gasteiger partial charge in [-0.2, -0.15) is 0 Å². The molecule has 1 aromatic carbocycles. The normalized spacial score (nSPS) is 29.2. The zero-order valence-electron chi connectivity index (χ0n) is 11.1. The van der Waals surface area contributed by atoms with E-state index in [2.05, 4.69) is 0 Å². The number of hydrogen-bond acceptors (Lipinski definition) is 2. The second-order valence-corrected chi connectivity index (χ2v) is 5.84. The fourth-order valence-electron chi connectivity index (χ4n) is 3.40. The number of benzene rings is 1. The SMILES string of the molecule is CC(C)Oc1cccc(C(=O)C2C3CCCC32)c1. The molecule has 2 saturated carbocycles.